The van der Waals surface area contributed by atoms with Crippen molar-refractivity contribution < 1.29 is 23.1 Å². The van der Waals surface area contributed by atoms with Gasteiger partial charge in [0.1, 0.15) is 5.25 Å². The number of carboxylic acid groups (broad SMARTS) is 1. The fourth-order valence-electron chi connectivity index (χ4n) is 1.82. The maximum Gasteiger partial charge on any atom is 0.305 e. The third-order valence-corrected chi connectivity index (χ3v) is 5.57. The molecule has 1 amide bonds. The van der Waals surface area contributed by atoms with Crippen LogP contribution in [0, 0.1) is 0 Å². The van der Waals surface area contributed by atoms with Crippen LogP contribution >= 0.6 is 27.7 Å². The first-order chi connectivity index (χ1) is 11.2. The summed E-state index contributed by atoms with van der Waals surface area (Å²) >= 11 is 4.17. The first-order valence-corrected chi connectivity index (χ1v) is 10.0. The minimum absolute atomic E-state index is 0.0905. The molecule has 1 saturated heterocycles. The highest BCUT2D eigenvalue weighted by atomic mass is 79.9. The Morgan fingerprint density at radius 3 is 2.83 bits per heavy atom. The van der Waals surface area contributed by atoms with E-state index in [1.807, 2.05) is 0 Å². The molecule has 0 radical (unpaired) electrons. The van der Waals surface area contributed by atoms with Gasteiger partial charge in [-0.05, 0) is 12.1 Å². The van der Waals surface area contributed by atoms with Gasteiger partial charge in [0, 0.05) is 16.3 Å². The Balaban J connectivity index is 2.18. The summed E-state index contributed by atoms with van der Waals surface area (Å²) in [5.74, 6) is -1.53. The molecule has 11 heteroatoms. The highest BCUT2D eigenvalue weighted by Crippen LogP contribution is 2.23. The van der Waals surface area contributed by atoms with Crippen LogP contribution in [-0.2, 0) is 19.4 Å². The van der Waals surface area contributed by atoms with Crippen LogP contribution in [0.15, 0.2) is 37.8 Å². The molecule has 0 saturated carbocycles. The predicted molar refractivity (Wildman–Crippen MR) is 94.1 cm³/mol. The molecule has 1 aromatic rings. The lowest BCUT2D eigenvalue weighted by atomic mass is 10.2. The molecule has 0 spiro atoms. The number of rotatable bonds is 5. The molecular formula is C13H12BrN3O5S2. The third kappa shape index (κ3) is 4.89. The van der Waals surface area contributed by atoms with Crippen LogP contribution < -0.4 is 5.32 Å². The van der Waals surface area contributed by atoms with Gasteiger partial charge >= 0.3 is 5.97 Å². The number of nitrogens with one attached hydrogen (secondary N) is 1. The highest BCUT2D eigenvalue weighted by molar-refractivity contribution is 9.10. The quantitative estimate of drug-likeness (QED) is 0.531. The Kier molecular flexibility index (Phi) is 5.78. The SMILES string of the molecule is CS(=O)(=O)c1cc(Br)ccc1C=NN=C1NC(=O)C(CC(=O)O)S1. The monoisotopic (exact) mass is 433 g/mol. The summed E-state index contributed by atoms with van der Waals surface area (Å²) in [6, 6.07) is 4.69. The summed E-state index contributed by atoms with van der Waals surface area (Å²) in [5, 5.41) is 18.1. The first-order valence-electron chi connectivity index (χ1n) is 6.47. The lowest BCUT2D eigenvalue weighted by Crippen LogP contribution is -2.26. The second-order valence-corrected chi connectivity index (χ2v) is 8.89. The summed E-state index contributed by atoms with van der Waals surface area (Å²) in [5.41, 5.74) is 0.349. The maximum atomic E-state index is 11.8. The number of amides is 1. The Morgan fingerprint density at radius 2 is 2.21 bits per heavy atom. The number of sulfone groups is 1. The molecule has 0 bridgehead atoms. The van der Waals surface area contributed by atoms with Crippen molar-refractivity contribution in [2.45, 2.75) is 16.6 Å². The molecule has 24 heavy (non-hydrogen) atoms. The van der Waals surface area contributed by atoms with Crippen LogP contribution in [-0.4, -0.2) is 48.3 Å². The molecule has 2 N–H and O–H groups in total. The van der Waals surface area contributed by atoms with Crippen LogP contribution in [0.1, 0.15) is 12.0 Å². The first kappa shape index (κ1) is 18.6. The Morgan fingerprint density at radius 1 is 1.50 bits per heavy atom. The number of carbonyl (C=O) groups is 2. The number of hydrogen-bond acceptors (Lipinski definition) is 7. The average Bonchev–Trinajstić information content (AvgIpc) is 2.79. The van der Waals surface area contributed by atoms with E-state index >= 15 is 0 Å². The number of nitrogens with zero attached hydrogens (tertiary/aromatic N) is 2. The zero-order valence-corrected chi connectivity index (χ0v) is 15.5. The van der Waals surface area contributed by atoms with Gasteiger partial charge in [0.25, 0.3) is 0 Å². The van der Waals surface area contributed by atoms with Gasteiger partial charge in [-0.3, -0.25) is 9.59 Å². The Hall–Kier alpha value is -1.72. The van der Waals surface area contributed by atoms with E-state index in [-0.39, 0.29) is 16.5 Å². The van der Waals surface area contributed by atoms with E-state index in [0.29, 0.717) is 10.0 Å². The van der Waals surface area contributed by atoms with Crippen molar-refractivity contribution in [3.63, 3.8) is 0 Å². The molecule has 1 aromatic carbocycles. The van der Waals surface area contributed by atoms with Gasteiger partial charge in [-0.2, -0.15) is 5.10 Å². The van der Waals surface area contributed by atoms with Gasteiger partial charge in [-0.25, -0.2) is 8.42 Å². The van der Waals surface area contributed by atoms with E-state index in [1.54, 1.807) is 12.1 Å². The molecular weight excluding hydrogens is 422 g/mol. The van der Waals surface area contributed by atoms with E-state index in [9.17, 15) is 18.0 Å². The van der Waals surface area contributed by atoms with Crippen LogP contribution in [0.2, 0.25) is 0 Å². The highest BCUT2D eigenvalue weighted by Gasteiger charge is 2.32. The minimum Gasteiger partial charge on any atom is -0.481 e. The average molecular weight is 434 g/mol. The number of benzene rings is 1. The molecule has 1 unspecified atom stereocenters. The second-order valence-electron chi connectivity index (χ2n) is 4.80. The van der Waals surface area contributed by atoms with Crippen molar-refractivity contribution >= 4 is 60.8 Å². The topological polar surface area (TPSA) is 125 Å². The molecule has 1 atom stereocenters. The summed E-state index contributed by atoms with van der Waals surface area (Å²) in [4.78, 5) is 22.3. The van der Waals surface area contributed by atoms with Crippen LogP contribution in [0.4, 0.5) is 0 Å². The van der Waals surface area contributed by atoms with Crippen LogP contribution in [0.3, 0.4) is 0 Å². The van der Waals surface area contributed by atoms with E-state index in [2.05, 4.69) is 31.4 Å². The van der Waals surface area contributed by atoms with Gasteiger partial charge in [0.05, 0.1) is 17.5 Å². The van der Waals surface area contributed by atoms with Crippen molar-refractivity contribution in [1.82, 2.24) is 5.32 Å². The number of carboxylic acids is 1. The zero-order valence-electron chi connectivity index (χ0n) is 12.3. The largest absolute Gasteiger partial charge is 0.481 e. The summed E-state index contributed by atoms with van der Waals surface area (Å²) in [6.45, 7) is 0. The molecule has 2 rings (SSSR count). The van der Waals surface area contributed by atoms with Crippen molar-refractivity contribution in [3.05, 3.63) is 28.2 Å². The predicted octanol–water partition coefficient (Wildman–Crippen LogP) is 1.25. The molecule has 8 nitrogen and oxygen atoms in total. The fourth-order valence-corrected chi connectivity index (χ4v) is 4.14. The van der Waals surface area contributed by atoms with Gasteiger partial charge in [0.15, 0.2) is 15.0 Å². The van der Waals surface area contributed by atoms with E-state index in [0.717, 1.165) is 18.0 Å². The van der Waals surface area contributed by atoms with E-state index < -0.39 is 27.0 Å². The molecule has 128 valence electrons. The number of aliphatic carboxylic acids is 1. The standard InChI is InChI=1S/C13H12BrN3O5S2/c1-24(21,22)10-4-8(14)3-2-7(10)6-15-17-13-16-12(20)9(23-13)5-11(18)19/h2-4,6,9H,5H2,1H3,(H,18,19)(H,16,17,20). The van der Waals surface area contributed by atoms with Crippen molar-refractivity contribution in [3.8, 4) is 0 Å². The van der Waals surface area contributed by atoms with Gasteiger partial charge < -0.3 is 10.4 Å². The number of thioether (sulfide) groups is 1. The van der Waals surface area contributed by atoms with Crippen molar-refractivity contribution in [1.29, 1.82) is 0 Å². The molecule has 1 aliphatic heterocycles. The summed E-state index contributed by atoms with van der Waals surface area (Å²) in [6.07, 6.45) is 2.03. The molecule has 0 aromatic heterocycles. The molecule has 0 aliphatic carbocycles. The smallest absolute Gasteiger partial charge is 0.305 e. The zero-order chi connectivity index (χ0) is 17.9. The second kappa shape index (κ2) is 7.45. The fraction of sp³-hybridized carbons (Fsp3) is 0.231. The number of hydrogen-bond donors (Lipinski definition) is 2. The maximum absolute atomic E-state index is 11.8. The molecule has 1 heterocycles. The lowest BCUT2D eigenvalue weighted by Gasteiger charge is -2.03. The van der Waals surface area contributed by atoms with Gasteiger partial charge in [-0.1, -0.05) is 33.8 Å². The molecule has 1 aliphatic rings. The minimum atomic E-state index is -3.45. The number of halogens is 1. The molecule has 1 fully saturated rings. The summed E-state index contributed by atoms with van der Waals surface area (Å²) < 4.78 is 24.2. The Bertz CT molecular complexity index is 851. The van der Waals surface area contributed by atoms with Gasteiger partial charge in [0.2, 0.25) is 5.91 Å². The Labute approximate surface area is 150 Å². The van der Waals surface area contributed by atoms with Crippen molar-refractivity contribution in [2.75, 3.05) is 6.26 Å². The normalized spacial score (nSPS) is 19.8. The lowest BCUT2D eigenvalue weighted by molar-refractivity contribution is -0.138. The van der Waals surface area contributed by atoms with E-state index in [4.69, 9.17) is 5.11 Å². The number of carbonyl (C=O) groups excluding carboxylic acids is 1. The van der Waals surface area contributed by atoms with Crippen LogP contribution in [0.5, 0.6) is 0 Å². The van der Waals surface area contributed by atoms with E-state index in [1.165, 1.54) is 12.3 Å². The van der Waals surface area contributed by atoms with Crippen LogP contribution in [0.25, 0.3) is 0 Å². The van der Waals surface area contributed by atoms with Crippen molar-refractivity contribution in [2.24, 2.45) is 10.2 Å². The third-order valence-electron chi connectivity index (χ3n) is 2.86. The number of amidine groups is 1. The summed E-state index contributed by atoms with van der Waals surface area (Å²) in [7, 11) is -3.45. The van der Waals surface area contributed by atoms with Gasteiger partial charge in [-0.15, -0.1) is 5.10 Å².